The third kappa shape index (κ3) is 1.46. The Balaban J connectivity index is 2.09. The van der Waals surface area contributed by atoms with Gasteiger partial charge in [-0.1, -0.05) is 12.8 Å². The molecule has 2 saturated carbocycles. The van der Waals surface area contributed by atoms with E-state index in [1.54, 1.807) is 0 Å². The van der Waals surface area contributed by atoms with Gasteiger partial charge in [0.15, 0.2) is 0 Å². The monoisotopic (exact) mass is 184 g/mol. The Labute approximate surface area is 77.8 Å². The molecule has 2 fully saturated rings. The lowest BCUT2D eigenvalue weighted by molar-refractivity contribution is -0.144. The molecule has 2 N–H and O–H groups in total. The summed E-state index contributed by atoms with van der Waals surface area (Å²) in [6.45, 7) is 0. The molecular formula is C10H16O3. The summed E-state index contributed by atoms with van der Waals surface area (Å²) in [7, 11) is 0. The van der Waals surface area contributed by atoms with Gasteiger partial charge >= 0.3 is 5.97 Å². The second-order valence-corrected chi connectivity index (χ2v) is 4.51. The van der Waals surface area contributed by atoms with Crippen molar-refractivity contribution < 1.29 is 15.0 Å². The van der Waals surface area contributed by atoms with Gasteiger partial charge in [-0.3, -0.25) is 4.79 Å². The number of carbonyl (C=O) groups is 1. The van der Waals surface area contributed by atoms with E-state index < -0.39 is 11.6 Å². The van der Waals surface area contributed by atoms with Crippen molar-refractivity contribution in [3.63, 3.8) is 0 Å². The van der Waals surface area contributed by atoms with Crippen LogP contribution in [0.3, 0.4) is 0 Å². The number of rotatable bonds is 2. The predicted octanol–water partition coefficient (Wildman–Crippen LogP) is 1.40. The van der Waals surface area contributed by atoms with E-state index >= 15 is 0 Å². The van der Waals surface area contributed by atoms with Crippen LogP contribution in [-0.2, 0) is 4.79 Å². The molecule has 2 rings (SSSR count). The molecule has 2 aliphatic rings. The lowest BCUT2D eigenvalue weighted by atomic mass is 9.85. The van der Waals surface area contributed by atoms with Crippen molar-refractivity contribution in [2.75, 3.05) is 0 Å². The number of carboxylic acid groups (broad SMARTS) is 1. The Morgan fingerprint density at radius 2 is 2.15 bits per heavy atom. The van der Waals surface area contributed by atoms with E-state index in [0.29, 0.717) is 12.3 Å². The highest BCUT2D eigenvalue weighted by atomic mass is 16.4. The molecule has 0 spiro atoms. The van der Waals surface area contributed by atoms with Crippen LogP contribution in [0.15, 0.2) is 0 Å². The molecule has 0 amide bonds. The number of carboxylic acids is 1. The Morgan fingerprint density at radius 1 is 1.38 bits per heavy atom. The summed E-state index contributed by atoms with van der Waals surface area (Å²) >= 11 is 0. The van der Waals surface area contributed by atoms with Crippen LogP contribution in [0, 0.1) is 11.8 Å². The van der Waals surface area contributed by atoms with E-state index in [1.165, 1.54) is 6.42 Å². The summed E-state index contributed by atoms with van der Waals surface area (Å²) in [6, 6.07) is 0. The smallest absolute Gasteiger partial charge is 0.306 e. The molecule has 0 bridgehead atoms. The third-order valence-corrected chi connectivity index (χ3v) is 3.75. The van der Waals surface area contributed by atoms with E-state index in [0.717, 1.165) is 19.3 Å². The zero-order valence-electron chi connectivity index (χ0n) is 7.70. The quantitative estimate of drug-likeness (QED) is 0.682. The Bertz CT molecular complexity index is 226. The SMILES string of the molecule is O=C(O)CC1(O)CCC2CCCC21. The van der Waals surface area contributed by atoms with Gasteiger partial charge in [0.05, 0.1) is 12.0 Å². The van der Waals surface area contributed by atoms with Crippen LogP contribution in [0.1, 0.15) is 38.5 Å². The molecular weight excluding hydrogens is 168 g/mol. The first-order valence-electron chi connectivity index (χ1n) is 5.06. The second-order valence-electron chi connectivity index (χ2n) is 4.51. The number of aliphatic carboxylic acids is 1. The first-order valence-corrected chi connectivity index (χ1v) is 5.06. The van der Waals surface area contributed by atoms with E-state index in [2.05, 4.69) is 0 Å². The van der Waals surface area contributed by atoms with Gasteiger partial charge < -0.3 is 10.2 Å². The average molecular weight is 184 g/mol. The van der Waals surface area contributed by atoms with E-state index in [4.69, 9.17) is 5.11 Å². The zero-order valence-corrected chi connectivity index (χ0v) is 7.70. The molecule has 0 aromatic carbocycles. The molecule has 74 valence electrons. The van der Waals surface area contributed by atoms with Crippen molar-refractivity contribution in [1.29, 1.82) is 0 Å². The Morgan fingerprint density at radius 3 is 2.85 bits per heavy atom. The summed E-state index contributed by atoms with van der Waals surface area (Å²) in [5, 5.41) is 18.9. The second kappa shape index (κ2) is 2.98. The van der Waals surface area contributed by atoms with Gasteiger partial charge in [-0.15, -0.1) is 0 Å². The van der Waals surface area contributed by atoms with Gasteiger partial charge in [0.25, 0.3) is 0 Å². The van der Waals surface area contributed by atoms with Gasteiger partial charge in [-0.2, -0.15) is 0 Å². The fourth-order valence-electron chi connectivity index (χ4n) is 3.19. The van der Waals surface area contributed by atoms with Crippen molar-refractivity contribution in [3.8, 4) is 0 Å². The molecule has 13 heavy (non-hydrogen) atoms. The van der Waals surface area contributed by atoms with Crippen molar-refractivity contribution in [1.82, 2.24) is 0 Å². The summed E-state index contributed by atoms with van der Waals surface area (Å²) in [4.78, 5) is 10.6. The average Bonchev–Trinajstić information content (AvgIpc) is 2.54. The summed E-state index contributed by atoms with van der Waals surface area (Å²) < 4.78 is 0. The van der Waals surface area contributed by atoms with Crippen LogP contribution in [0.2, 0.25) is 0 Å². The standard InChI is InChI=1S/C10H16O3/c11-9(12)6-10(13)5-4-7-2-1-3-8(7)10/h7-8,13H,1-6H2,(H,11,12). The fourth-order valence-corrected chi connectivity index (χ4v) is 3.19. The minimum atomic E-state index is -0.882. The van der Waals surface area contributed by atoms with Crippen molar-refractivity contribution in [2.24, 2.45) is 11.8 Å². The maximum absolute atomic E-state index is 10.6. The van der Waals surface area contributed by atoms with Crippen LogP contribution in [-0.4, -0.2) is 21.8 Å². The van der Waals surface area contributed by atoms with E-state index in [9.17, 15) is 9.90 Å². The van der Waals surface area contributed by atoms with E-state index in [1.807, 2.05) is 0 Å². The van der Waals surface area contributed by atoms with Crippen LogP contribution in [0.4, 0.5) is 0 Å². The lowest BCUT2D eigenvalue weighted by Gasteiger charge is -2.27. The topological polar surface area (TPSA) is 57.5 Å². The minimum Gasteiger partial charge on any atom is -0.481 e. The van der Waals surface area contributed by atoms with Gasteiger partial charge in [-0.25, -0.2) is 0 Å². The molecule has 0 saturated heterocycles. The van der Waals surface area contributed by atoms with Crippen LogP contribution < -0.4 is 0 Å². The van der Waals surface area contributed by atoms with Crippen LogP contribution in [0.5, 0.6) is 0 Å². The summed E-state index contributed by atoms with van der Waals surface area (Å²) in [6.07, 6.45) is 5.02. The number of hydrogen-bond acceptors (Lipinski definition) is 2. The molecule has 0 aromatic heterocycles. The fraction of sp³-hybridized carbons (Fsp3) is 0.900. The zero-order chi connectivity index (χ0) is 9.47. The number of hydrogen-bond donors (Lipinski definition) is 2. The van der Waals surface area contributed by atoms with Gasteiger partial charge in [0, 0.05) is 0 Å². The molecule has 0 aromatic rings. The number of aliphatic hydroxyl groups is 1. The maximum Gasteiger partial charge on any atom is 0.306 e. The highest BCUT2D eigenvalue weighted by molar-refractivity contribution is 5.68. The van der Waals surface area contributed by atoms with Crippen molar-refractivity contribution in [2.45, 2.75) is 44.1 Å². The van der Waals surface area contributed by atoms with Crippen molar-refractivity contribution in [3.05, 3.63) is 0 Å². The molecule has 3 nitrogen and oxygen atoms in total. The van der Waals surface area contributed by atoms with Crippen LogP contribution >= 0.6 is 0 Å². The molecule has 0 aliphatic heterocycles. The largest absolute Gasteiger partial charge is 0.481 e. The first kappa shape index (κ1) is 9.00. The Hall–Kier alpha value is -0.570. The summed E-state index contributed by atoms with van der Waals surface area (Å²) in [5.74, 6) is 0.00278. The third-order valence-electron chi connectivity index (χ3n) is 3.75. The molecule has 2 aliphatic carbocycles. The molecule has 0 heterocycles. The molecule has 3 atom stereocenters. The molecule has 3 unspecified atom stereocenters. The highest BCUT2D eigenvalue weighted by Crippen LogP contribution is 2.51. The van der Waals surface area contributed by atoms with Crippen LogP contribution in [0.25, 0.3) is 0 Å². The normalized spacial score (nSPS) is 43.5. The highest BCUT2D eigenvalue weighted by Gasteiger charge is 2.49. The lowest BCUT2D eigenvalue weighted by Crippen LogP contribution is -2.36. The number of fused-ring (bicyclic) bond motifs is 1. The molecule has 0 radical (unpaired) electrons. The van der Waals surface area contributed by atoms with Gasteiger partial charge in [0.2, 0.25) is 0 Å². The first-order chi connectivity index (χ1) is 6.12. The van der Waals surface area contributed by atoms with E-state index in [-0.39, 0.29) is 12.3 Å². The summed E-state index contributed by atoms with van der Waals surface area (Å²) in [5.41, 5.74) is -0.882. The predicted molar refractivity (Wildman–Crippen MR) is 47.3 cm³/mol. The minimum absolute atomic E-state index is 0.0613. The molecule has 3 heteroatoms. The van der Waals surface area contributed by atoms with Crippen molar-refractivity contribution >= 4 is 5.97 Å². The van der Waals surface area contributed by atoms with Gasteiger partial charge in [-0.05, 0) is 31.1 Å². The van der Waals surface area contributed by atoms with Gasteiger partial charge in [0.1, 0.15) is 0 Å². The maximum atomic E-state index is 10.6. The Kier molecular flexibility index (Phi) is 2.06.